The van der Waals surface area contributed by atoms with E-state index in [0.717, 1.165) is 28.6 Å². The minimum Gasteiger partial charge on any atom is -0.467 e. The van der Waals surface area contributed by atoms with Crippen LogP contribution >= 0.6 is 23.5 Å². The average molecular weight is 530 g/mol. The molecule has 2 unspecified atom stereocenters. The van der Waals surface area contributed by atoms with E-state index in [1.165, 1.54) is 7.11 Å². The first-order valence-electron chi connectivity index (χ1n) is 11.0. The zero-order chi connectivity index (χ0) is 26.1. The van der Waals surface area contributed by atoms with Crippen LogP contribution in [0, 0.1) is 0 Å². The van der Waals surface area contributed by atoms with Gasteiger partial charge in [0.15, 0.2) is 0 Å². The molecular formula is C25H27N3O6S2. The number of carbonyl (C=O) groups excluding carboxylic acids is 4. The standard InChI is InChI=1S/C25H27N3O6S2/c1-33-24(31)20(27-22(29)19(26)11-12-35-2)13-15-3-7-17(8-4-15)34-18-9-5-16(6-10-18)14-21-23(30)28-25(32)36-21/h3-10,14,19-20H,11-13,26H2,1-2H3,(H,27,29)(H,28,30,32)/b21-14+. The summed E-state index contributed by atoms with van der Waals surface area (Å²) in [5.41, 5.74) is 7.48. The first-order valence-corrected chi connectivity index (χ1v) is 13.2. The second-order valence-electron chi connectivity index (χ2n) is 7.84. The fourth-order valence-corrected chi connectivity index (χ4v) is 4.43. The number of nitrogens with two attached hydrogens (primary N) is 1. The Morgan fingerprint density at radius 2 is 1.75 bits per heavy atom. The largest absolute Gasteiger partial charge is 0.467 e. The Kier molecular flexibility index (Phi) is 9.97. The number of carbonyl (C=O) groups is 4. The van der Waals surface area contributed by atoms with Gasteiger partial charge in [0.25, 0.3) is 11.1 Å². The molecule has 0 bridgehead atoms. The van der Waals surface area contributed by atoms with E-state index in [9.17, 15) is 19.2 Å². The number of nitrogens with one attached hydrogen (secondary N) is 2. The van der Waals surface area contributed by atoms with Crippen LogP contribution in [0.3, 0.4) is 0 Å². The Balaban J connectivity index is 1.59. The number of rotatable bonds is 11. The third-order valence-corrected chi connectivity index (χ3v) is 6.65. The molecule has 1 aliphatic heterocycles. The van der Waals surface area contributed by atoms with E-state index in [1.54, 1.807) is 66.4 Å². The third-order valence-electron chi connectivity index (χ3n) is 5.19. The molecular weight excluding hydrogens is 502 g/mol. The van der Waals surface area contributed by atoms with Gasteiger partial charge < -0.3 is 20.5 Å². The van der Waals surface area contributed by atoms with Crippen molar-refractivity contribution in [2.45, 2.75) is 24.9 Å². The molecule has 1 fully saturated rings. The Morgan fingerprint density at radius 1 is 1.11 bits per heavy atom. The van der Waals surface area contributed by atoms with Gasteiger partial charge in [-0.05, 0) is 71.7 Å². The summed E-state index contributed by atoms with van der Waals surface area (Å²) in [6, 6.07) is 12.6. The summed E-state index contributed by atoms with van der Waals surface area (Å²) < 4.78 is 10.7. The van der Waals surface area contributed by atoms with Crippen molar-refractivity contribution in [3.05, 3.63) is 64.6 Å². The van der Waals surface area contributed by atoms with Gasteiger partial charge in [-0.3, -0.25) is 19.7 Å². The number of thioether (sulfide) groups is 2. The monoisotopic (exact) mass is 529 g/mol. The fraction of sp³-hybridized carbons (Fsp3) is 0.280. The van der Waals surface area contributed by atoms with Crippen molar-refractivity contribution < 1.29 is 28.7 Å². The number of methoxy groups -OCH3 is 1. The number of ether oxygens (including phenoxy) is 2. The summed E-state index contributed by atoms with van der Waals surface area (Å²) in [7, 11) is 1.27. The number of hydrogen-bond acceptors (Lipinski definition) is 9. The van der Waals surface area contributed by atoms with E-state index in [2.05, 4.69) is 10.6 Å². The molecule has 2 atom stereocenters. The van der Waals surface area contributed by atoms with Crippen LogP contribution in [0.1, 0.15) is 17.5 Å². The van der Waals surface area contributed by atoms with Crippen molar-refractivity contribution in [1.29, 1.82) is 0 Å². The highest BCUT2D eigenvalue weighted by atomic mass is 32.2. The first kappa shape index (κ1) is 27.3. The second kappa shape index (κ2) is 13.1. The Hall–Kier alpha value is -3.28. The molecule has 11 heteroatoms. The summed E-state index contributed by atoms with van der Waals surface area (Å²) in [4.78, 5) is 47.9. The van der Waals surface area contributed by atoms with E-state index in [-0.39, 0.29) is 11.7 Å². The summed E-state index contributed by atoms with van der Waals surface area (Å²) in [6.07, 6.45) is 4.32. The summed E-state index contributed by atoms with van der Waals surface area (Å²) in [5, 5.41) is 4.52. The lowest BCUT2D eigenvalue weighted by atomic mass is 10.0. The van der Waals surface area contributed by atoms with E-state index in [0.29, 0.717) is 22.8 Å². The van der Waals surface area contributed by atoms with Crippen LogP contribution in [0.4, 0.5) is 4.79 Å². The topological polar surface area (TPSA) is 137 Å². The molecule has 1 saturated heterocycles. The lowest BCUT2D eigenvalue weighted by Crippen LogP contribution is -2.49. The minimum absolute atomic E-state index is 0.241. The maximum absolute atomic E-state index is 12.4. The predicted octanol–water partition coefficient (Wildman–Crippen LogP) is 3.08. The van der Waals surface area contributed by atoms with Gasteiger partial charge in [0.05, 0.1) is 18.1 Å². The quantitative estimate of drug-likeness (QED) is 0.296. The van der Waals surface area contributed by atoms with Gasteiger partial charge in [-0.2, -0.15) is 11.8 Å². The highest BCUT2D eigenvalue weighted by molar-refractivity contribution is 8.18. The highest BCUT2D eigenvalue weighted by Gasteiger charge is 2.25. The molecule has 36 heavy (non-hydrogen) atoms. The third kappa shape index (κ3) is 7.87. The molecule has 0 spiro atoms. The zero-order valence-electron chi connectivity index (χ0n) is 19.8. The molecule has 2 aromatic carbocycles. The number of hydrogen-bond donors (Lipinski definition) is 3. The molecule has 0 radical (unpaired) electrons. The van der Waals surface area contributed by atoms with Gasteiger partial charge in [0.1, 0.15) is 17.5 Å². The molecule has 2 aromatic rings. The normalized spacial score (nSPS) is 15.8. The van der Waals surface area contributed by atoms with Crippen molar-refractivity contribution in [1.82, 2.24) is 10.6 Å². The second-order valence-corrected chi connectivity index (χ2v) is 9.84. The SMILES string of the molecule is COC(=O)C(Cc1ccc(Oc2ccc(/C=C3/SC(=O)NC3=O)cc2)cc1)NC(=O)C(N)CCSC. The van der Waals surface area contributed by atoms with Crippen molar-refractivity contribution in [2.24, 2.45) is 5.73 Å². The van der Waals surface area contributed by atoms with Crippen LogP contribution in [0.25, 0.3) is 6.08 Å². The van der Waals surface area contributed by atoms with Crippen LogP contribution in [-0.4, -0.2) is 54.2 Å². The highest BCUT2D eigenvalue weighted by Crippen LogP contribution is 2.27. The number of amides is 3. The molecule has 190 valence electrons. The molecule has 0 aromatic heterocycles. The maximum Gasteiger partial charge on any atom is 0.328 e. The summed E-state index contributed by atoms with van der Waals surface area (Å²) in [6.45, 7) is 0. The maximum atomic E-state index is 12.4. The fourth-order valence-electron chi connectivity index (χ4n) is 3.26. The van der Waals surface area contributed by atoms with Gasteiger partial charge >= 0.3 is 5.97 Å². The van der Waals surface area contributed by atoms with E-state index < -0.39 is 29.9 Å². The summed E-state index contributed by atoms with van der Waals surface area (Å²) >= 11 is 2.46. The van der Waals surface area contributed by atoms with Gasteiger partial charge in [0, 0.05) is 6.42 Å². The molecule has 0 saturated carbocycles. The van der Waals surface area contributed by atoms with Crippen LogP contribution in [-0.2, 0) is 25.5 Å². The first-order chi connectivity index (χ1) is 17.3. The van der Waals surface area contributed by atoms with Crippen molar-refractivity contribution in [3.8, 4) is 11.5 Å². The Bertz CT molecular complexity index is 1140. The lowest BCUT2D eigenvalue weighted by Gasteiger charge is -2.19. The van der Waals surface area contributed by atoms with Crippen LogP contribution in [0.15, 0.2) is 53.4 Å². The smallest absolute Gasteiger partial charge is 0.328 e. The molecule has 1 heterocycles. The van der Waals surface area contributed by atoms with Gasteiger partial charge in [-0.25, -0.2) is 4.79 Å². The van der Waals surface area contributed by atoms with Gasteiger partial charge in [0.2, 0.25) is 5.91 Å². The van der Waals surface area contributed by atoms with E-state index in [4.69, 9.17) is 15.2 Å². The van der Waals surface area contributed by atoms with E-state index >= 15 is 0 Å². The van der Waals surface area contributed by atoms with Crippen LogP contribution in [0.2, 0.25) is 0 Å². The van der Waals surface area contributed by atoms with Crippen molar-refractivity contribution in [3.63, 3.8) is 0 Å². The van der Waals surface area contributed by atoms with Gasteiger partial charge in [-0.1, -0.05) is 24.3 Å². The number of benzene rings is 2. The Morgan fingerprint density at radius 3 is 2.31 bits per heavy atom. The number of esters is 1. The number of imide groups is 1. The minimum atomic E-state index is -0.855. The van der Waals surface area contributed by atoms with Gasteiger partial charge in [-0.15, -0.1) is 0 Å². The zero-order valence-corrected chi connectivity index (χ0v) is 21.4. The molecule has 1 aliphatic rings. The van der Waals surface area contributed by atoms with Crippen molar-refractivity contribution >= 4 is 52.6 Å². The Labute approximate surface area is 217 Å². The van der Waals surface area contributed by atoms with Crippen LogP contribution in [0.5, 0.6) is 11.5 Å². The molecule has 9 nitrogen and oxygen atoms in total. The molecule has 0 aliphatic carbocycles. The molecule has 3 amide bonds. The molecule has 3 rings (SSSR count). The van der Waals surface area contributed by atoms with Crippen molar-refractivity contribution in [2.75, 3.05) is 19.1 Å². The summed E-state index contributed by atoms with van der Waals surface area (Å²) in [5.74, 6) is 0.572. The predicted molar refractivity (Wildman–Crippen MR) is 141 cm³/mol. The molecule has 4 N–H and O–H groups in total. The average Bonchev–Trinajstić information content (AvgIpc) is 3.19. The lowest BCUT2D eigenvalue weighted by molar-refractivity contribution is -0.145. The van der Waals surface area contributed by atoms with Crippen LogP contribution < -0.4 is 21.1 Å². The van der Waals surface area contributed by atoms with E-state index in [1.807, 2.05) is 6.26 Å².